The van der Waals surface area contributed by atoms with Crippen molar-refractivity contribution in [2.45, 2.75) is 33.2 Å². The number of amides is 2. The van der Waals surface area contributed by atoms with Crippen LogP contribution in [0.1, 0.15) is 36.1 Å². The largest absolute Gasteiger partial charge is 0.455 e. The number of anilines is 1. The fourth-order valence-corrected chi connectivity index (χ4v) is 3.99. The molecule has 0 spiro atoms. The summed E-state index contributed by atoms with van der Waals surface area (Å²) < 4.78 is 6.16. The molecule has 0 radical (unpaired) electrons. The number of ether oxygens (including phenoxy) is 1. The quantitative estimate of drug-likeness (QED) is 0.640. The summed E-state index contributed by atoms with van der Waals surface area (Å²) >= 11 is 3.45. The van der Waals surface area contributed by atoms with Gasteiger partial charge in [0.1, 0.15) is 0 Å². The van der Waals surface area contributed by atoms with Crippen LogP contribution in [0.5, 0.6) is 0 Å². The zero-order chi connectivity index (χ0) is 21.8. The van der Waals surface area contributed by atoms with Crippen LogP contribution >= 0.6 is 15.9 Å². The molecular formula is C23H25BrN2O4. The van der Waals surface area contributed by atoms with Crippen molar-refractivity contribution in [3.05, 3.63) is 63.6 Å². The summed E-state index contributed by atoms with van der Waals surface area (Å²) in [6, 6.07) is 13.3. The maximum atomic E-state index is 12.4. The zero-order valence-electron chi connectivity index (χ0n) is 17.3. The van der Waals surface area contributed by atoms with Gasteiger partial charge in [-0.05, 0) is 49.6 Å². The number of hydrogen-bond acceptors (Lipinski definition) is 4. The molecule has 6 nitrogen and oxygen atoms in total. The third-order valence-electron chi connectivity index (χ3n) is 5.37. The van der Waals surface area contributed by atoms with Crippen molar-refractivity contribution in [3.8, 4) is 0 Å². The summed E-state index contributed by atoms with van der Waals surface area (Å²) in [5.74, 6) is -1.58. The predicted molar refractivity (Wildman–Crippen MR) is 118 cm³/mol. The van der Waals surface area contributed by atoms with Crippen molar-refractivity contribution in [2.24, 2.45) is 5.92 Å². The molecule has 7 heteroatoms. The molecule has 1 saturated heterocycles. The highest BCUT2D eigenvalue weighted by atomic mass is 79.9. The van der Waals surface area contributed by atoms with Crippen molar-refractivity contribution < 1.29 is 19.1 Å². The van der Waals surface area contributed by atoms with E-state index in [2.05, 4.69) is 21.2 Å². The molecule has 0 aliphatic carbocycles. The van der Waals surface area contributed by atoms with Crippen LogP contribution in [0.15, 0.2) is 46.9 Å². The van der Waals surface area contributed by atoms with Crippen molar-refractivity contribution in [1.82, 2.24) is 4.90 Å². The Labute approximate surface area is 184 Å². The lowest BCUT2D eigenvalue weighted by atomic mass is 10.1. The minimum atomic E-state index is -0.562. The van der Waals surface area contributed by atoms with Crippen LogP contribution in [0, 0.1) is 19.8 Å². The Balaban J connectivity index is 1.53. The molecule has 1 aliphatic heterocycles. The molecule has 0 bridgehead atoms. The molecule has 2 aromatic carbocycles. The van der Waals surface area contributed by atoms with Gasteiger partial charge < -0.3 is 15.0 Å². The Bertz CT molecular complexity index is 961. The Morgan fingerprint density at radius 3 is 2.60 bits per heavy atom. The van der Waals surface area contributed by atoms with Gasteiger partial charge in [-0.25, -0.2) is 0 Å². The van der Waals surface area contributed by atoms with Crippen molar-refractivity contribution in [1.29, 1.82) is 0 Å². The summed E-state index contributed by atoms with van der Waals surface area (Å²) in [7, 11) is 0. The van der Waals surface area contributed by atoms with Gasteiger partial charge in [0.15, 0.2) is 6.61 Å². The lowest BCUT2D eigenvalue weighted by Gasteiger charge is -2.25. The molecule has 1 heterocycles. The van der Waals surface area contributed by atoms with E-state index in [-0.39, 0.29) is 25.0 Å². The number of esters is 1. The molecule has 0 saturated carbocycles. The third kappa shape index (κ3) is 5.08. The summed E-state index contributed by atoms with van der Waals surface area (Å²) in [5.41, 5.74) is 3.58. The first kappa shape index (κ1) is 22.0. The highest BCUT2D eigenvalue weighted by Gasteiger charge is 2.38. The number of nitrogens with one attached hydrogen (secondary N) is 1. The number of aryl methyl sites for hydroxylation is 2. The molecule has 2 atom stereocenters. The summed E-state index contributed by atoms with van der Waals surface area (Å²) in [6.45, 7) is 5.67. The first-order valence-electron chi connectivity index (χ1n) is 9.84. The van der Waals surface area contributed by atoms with Crippen LogP contribution in [0.25, 0.3) is 0 Å². The fourth-order valence-electron chi connectivity index (χ4n) is 3.53. The van der Waals surface area contributed by atoms with Gasteiger partial charge in [-0.1, -0.05) is 46.3 Å². The molecule has 1 N–H and O–H groups in total. The standard InChI is InChI=1S/C23H25BrN2O4/c1-14-10-20(15(2)9-19(14)24)25-21(27)13-30-23(29)18-11-22(28)26(12-18)16(3)17-7-5-4-6-8-17/h4-10,16,18H,11-13H2,1-3H3,(H,25,27)/t16-,18-/m1/s1. The van der Waals surface area contributed by atoms with E-state index in [1.807, 2.05) is 63.2 Å². The number of benzene rings is 2. The van der Waals surface area contributed by atoms with Crippen molar-refractivity contribution in [2.75, 3.05) is 18.5 Å². The van der Waals surface area contributed by atoms with Gasteiger partial charge in [-0.15, -0.1) is 0 Å². The minimum Gasteiger partial charge on any atom is -0.455 e. The number of carbonyl (C=O) groups excluding carboxylic acids is 3. The molecule has 1 fully saturated rings. The maximum absolute atomic E-state index is 12.4. The van der Waals surface area contributed by atoms with Gasteiger partial charge in [-0.2, -0.15) is 0 Å². The van der Waals surface area contributed by atoms with Crippen LogP contribution < -0.4 is 5.32 Å². The van der Waals surface area contributed by atoms with Crippen LogP contribution in [0.3, 0.4) is 0 Å². The second-order valence-corrected chi connectivity index (χ2v) is 8.46. The Morgan fingerprint density at radius 2 is 1.90 bits per heavy atom. The van der Waals surface area contributed by atoms with E-state index in [0.29, 0.717) is 12.2 Å². The van der Waals surface area contributed by atoms with Crippen LogP contribution in [0.2, 0.25) is 0 Å². The van der Waals surface area contributed by atoms with Gasteiger partial charge in [0.25, 0.3) is 5.91 Å². The van der Waals surface area contributed by atoms with Crippen LogP contribution in [-0.4, -0.2) is 35.8 Å². The third-order valence-corrected chi connectivity index (χ3v) is 6.22. The Kier molecular flexibility index (Phi) is 6.92. The van der Waals surface area contributed by atoms with Crippen molar-refractivity contribution >= 4 is 39.4 Å². The van der Waals surface area contributed by atoms with E-state index >= 15 is 0 Å². The normalized spacial score (nSPS) is 17.0. The summed E-state index contributed by atoms with van der Waals surface area (Å²) in [4.78, 5) is 38.8. The highest BCUT2D eigenvalue weighted by Crippen LogP contribution is 2.29. The summed E-state index contributed by atoms with van der Waals surface area (Å²) in [5, 5.41) is 2.77. The second kappa shape index (κ2) is 9.43. The topological polar surface area (TPSA) is 75.7 Å². The van der Waals surface area contributed by atoms with E-state index in [0.717, 1.165) is 21.2 Å². The van der Waals surface area contributed by atoms with Crippen LogP contribution in [-0.2, 0) is 19.1 Å². The molecular weight excluding hydrogens is 448 g/mol. The number of rotatable bonds is 6. The number of likely N-dealkylation sites (tertiary alicyclic amines) is 1. The van der Waals surface area contributed by atoms with Crippen LogP contribution in [0.4, 0.5) is 5.69 Å². The first-order chi connectivity index (χ1) is 14.3. The molecule has 0 unspecified atom stereocenters. The van der Waals surface area contributed by atoms with Gasteiger partial charge in [0.2, 0.25) is 5.91 Å². The lowest BCUT2D eigenvalue weighted by molar-refractivity contribution is -0.151. The molecule has 3 rings (SSSR count). The van der Waals surface area contributed by atoms with E-state index in [1.54, 1.807) is 4.90 Å². The Morgan fingerprint density at radius 1 is 1.20 bits per heavy atom. The van der Waals surface area contributed by atoms with E-state index in [4.69, 9.17) is 4.74 Å². The molecule has 0 aromatic heterocycles. The molecule has 2 amide bonds. The first-order valence-corrected chi connectivity index (χ1v) is 10.6. The molecule has 2 aromatic rings. The maximum Gasteiger partial charge on any atom is 0.311 e. The van der Waals surface area contributed by atoms with Crippen molar-refractivity contribution in [3.63, 3.8) is 0 Å². The number of hydrogen-bond donors (Lipinski definition) is 1. The van der Waals surface area contributed by atoms with E-state index in [1.165, 1.54) is 0 Å². The van der Waals surface area contributed by atoms with Gasteiger partial charge in [0, 0.05) is 23.1 Å². The monoisotopic (exact) mass is 472 g/mol. The zero-order valence-corrected chi connectivity index (χ0v) is 18.9. The van der Waals surface area contributed by atoms with Gasteiger partial charge in [0.05, 0.1) is 12.0 Å². The highest BCUT2D eigenvalue weighted by molar-refractivity contribution is 9.10. The summed E-state index contributed by atoms with van der Waals surface area (Å²) in [6.07, 6.45) is 0.0998. The average molecular weight is 473 g/mol. The SMILES string of the molecule is Cc1cc(NC(=O)COC(=O)[C@@H]2CC(=O)N([C@H](C)c3ccccc3)C2)c(C)cc1Br. The molecule has 1 aliphatic rings. The molecule has 30 heavy (non-hydrogen) atoms. The fraction of sp³-hybridized carbons (Fsp3) is 0.348. The number of halogens is 1. The number of carbonyl (C=O) groups is 3. The predicted octanol–water partition coefficient (Wildman–Crippen LogP) is 4.16. The molecule has 158 valence electrons. The van der Waals surface area contributed by atoms with Gasteiger partial charge >= 0.3 is 5.97 Å². The Hall–Kier alpha value is -2.67. The van der Waals surface area contributed by atoms with E-state index in [9.17, 15) is 14.4 Å². The number of nitrogens with zero attached hydrogens (tertiary/aromatic N) is 1. The van der Waals surface area contributed by atoms with E-state index < -0.39 is 17.8 Å². The minimum absolute atomic E-state index is 0.0845. The average Bonchev–Trinajstić information content (AvgIpc) is 3.12. The lowest BCUT2D eigenvalue weighted by Crippen LogP contribution is -2.30. The van der Waals surface area contributed by atoms with Gasteiger partial charge in [-0.3, -0.25) is 14.4 Å². The second-order valence-electron chi connectivity index (χ2n) is 7.61. The smallest absolute Gasteiger partial charge is 0.311 e.